The van der Waals surface area contributed by atoms with Crippen molar-refractivity contribution in [2.75, 3.05) is 7.11 Å². The molecule has 1 atom stereocenters. The summed E-state index contributed by atoms with van der Waals surface area (Å²) in [7, 11) is 1.60. The molecule has 23 heavy (non-hydrogen) atoms. The molecule has 2 aromatic carbocycles. The number of halogens is 1. The Labute approximate surface area is 134 Å². The summed E-state index contributed by atoms with van der Waals surface area (Å²) in [4.78, 5) is 12.1. The summed E-state index contributed by atoms with van der Waals surface area (Å²) in [5, 5.41) is 5.79. The highest BCUT2D eigenvalue weighted by Crippen LogP contribution is 2.31. The average Bonchev–Trinajstić information content (AvgIpc) is 2.95. The number of para-hydroxylation sites is 1. The number of urea groups is 1. The quantitative estimate of drug-likeness (QED) is 0.909. The van der Waals surface area contributed by atoms with E-state index in [0.717, 1.165) is 35.3 Å². The summed E-state index contributed by atoms with van der Waals surface area (Å²) in [6, 6.07) is 12.0. The molecular weight excluding hydrogens is 295 g/mol. The van der Waals surface area contributed by atoms with Gasteiger partial charge in [-0.2, -0.15) is 0 Å². The molecule has 0 spiro atoms. The Kier molecular flexibility index (Phi) is 4.46. The minimum atomic E-state index is -0.238. The van der Waals surface area contributed by atoms with E-state index >= 15 is 0 Å². The fourth-order valence-electron chi connectivity index (χ4n) is 2.97. The number of hydrogen-bond donors (Lipinski definition) is 2. The van der Waals surface area contributed by atoms with E-state index < -0.39 is 0 Å². The second-order valence-electron chi connectivity index (χ2n) is 5.57. The Hall–Kier alpha value is -2.56. The molecule has 120 valence electrons. The third-order valence-corrected chi connectivity index (χ3v) is 4.12. The highest BCUT2D eigenvalue weighted by molar-refractivity contribution is 5.74. The highest BCUT2D eigenvalue weighted by Gasteiger charge is 2.24. The normalized spacial score (nSPS) is 15.8. The lowest BCUT2D eigenvalue weighted by atomic mass is 10.1. The largest absolute Gasteiger partial charge is 0.496 e. The van der Waals surface area contributed by atoms with Crippen molar-refractivity contribution in [2.45, 2.75) is 25.4 Å². The number of carbonyl (C=O) groups excluding carboxylic acids is 1. The first-order valence-corrected chi connectivity index (χ1v) is 7.62. The van der Waals surface area contributed by atoms with Gasteiger partial charge in [0.25, 0.3) is 0 Å². The SMILES string of the molecule is COc1ccccc1CNC(=O)NC1CCc2cc(F)ccc21. The zero-order valence-electron chi connectivity index (χ0n) is 12.9. The average molecular weight is 314 g/mol. The van der Waals surface area contributed by atoms with E-state index in [-0.39, 0.29) is 17.9 Å². The van der Waals surface area contributed by atoms with Crippen LogP contribution in [0.4, 0.5) is 9.18 Å². The predicted octanol–water partition coefficient (Wildman–Crippen LogP) is 3.32. The van der Waals surface area contributed by atoms with Crippen molar-refractivity contribution in [1.29, 1.82) is 0 Å². The molecule has 0 aromatic heterocycles. The summed E-state index contributed by atoms with van der Waals surface area (Å²) < 4.78 is 18.5. The number of aryl methyl sites for hydroxylation is 1. The Morgan fingerprint density at radius 2 is 2.13 bits per heavy atom. The zero-order valence-corrected chi connectivity index (χ0v) is 12.9. The van der Waals surface area contributed by atoms with Gasteiger partial charge in [0.1, 0.15) is 11.6 Å². The summed E-state index contributed by atoms with van der Waals surface area (Å²) in [5.74, 6) is 0.513. The predicted molar refractivity (Wildman–Crippen MR) is 85.8 cm³/mol. The van der Waals surface area contributed by atoms with Crippen molar-refractivity contribution in [2.24, 2.45) is 0 Å². The number of methoxy groups -OCH3 is 1. The molecule has 1 aliphatic carbocycles. The summed E-state index contributed by atoms with van der Waals surface area (Å²) in [6.07, 6.45) is 1.57. The van der Waals surface area contributed by atoms with Gasteiger partial charge in [-0.05, 0) is 42.2 Å². The molecule has 2 aromatic rings. The van der Waals surface area contributed by atoms with Crippen molar-refractivity contribution >= 4 is 6.03 Å². The standard InChI is InChI=1S/C18H19FN2O2/c1-23-17-5-3-2-4-13(17)11-20-18(22)21-16-9-6-12-10-14(19)7-8-15(12)16/h2-5,7-8,10,16H,6,9,11H2,1H3,(H2,20,21,22). The van der Waals surface area contributed by atoms with E-state index in [4.69, 9.17) is 4.74 Å². The van der Waals surface area contributed by atoms with Crippen LogP contribution in [0.5, 0.6) is 5.75 Å². The molecule has 1 unspecified atom stereocenters. The fraction of sp³-hybridized carbons (Fsp3) is 0.278. The molecule has 4 nitrogen and oxygen atoms in total. The maximum absolute atomic E-state index is 13.2. The lowest BCUT2D eigenvalue weighted by Crippen LogP contribution is -2.37. The number of rotatable bonds is 4. The molecule has 2 N–H and O–H groups in total. The Balaban J connectivity index is 1.59. The van der Waals surface area contributed by atoms with Gasteiger partial charge >= 0.3 is 6.03 Å². The molecule has 3 rings (SSSR count). The van der Waals surface area contributed by atoms with Gasteiger partial charge < -0.3 is 15.4 Å². The summed E-state index contributed by atoms with van der Waals surface area (Å²) in [6.45, 7) is 0.388. The second-order valence-corrected chi connectivity index (χ2v) is 5.57. The van der Waals surface area contributed by atoms with Gasteiger partial charge in [-0.25, -0.2) is 9.18 Å². The fourth-order valence-corrected chi connectivity index (χ4v) is 2.97. The number of fused-ring (bicyclic) bond motifs is 1. The van der Waals surface area contributed by atoms with Crippen LogP contribution in [0.15, 0.2) is 42.5 Å². The van der Waals surface area contributed by atoms with Gasteiger partial charge in [-0.15, -0.1) is 0 Å². The first-order chi connectivity index (χ1) is 11.2. The van der Waals surface area contributed by atoms with Gasteiger partial charge in [-0.3, -0.25) is 0 Å². The molecule has 0 radical (unpaired) electrons. The molecule has 5 heteroatoms. The van der Waals surface area contributed by atoms with E-state index in [9.17, 15) is 9.18 Å². The number of carbonyl (C=O) groups is 1. The van der Waals surface area contributed by atoms with Crippen LogP contribution in [0, 0.1) is 5.82 Å². The van der Waals surface area contributed by atoms with Crippen molar-refractivity contribution < 1.29 is 13.9 Å². The Morgan fingerprint density at radius 3 is 2.96 bits per heavy atom. The van der Waals surface area contributed by atoms with Gasteiger partial charge in [-0.1, -0.05) is 24.3 Å². The number of amides is 2. The minimum Gasteiger partial charge on any atom is -0.496 e. The minimum absolute atomic E-state index is 0.0664. The van der Waals surface area contributed by atoms with E-state index in [2.05, 4.69) is 10.6 Å². The molecule has 2 amide bonds. The van der Waals surface area contributed by atoms with Crippen LogP contribution in [0.2, 0.25) is 0 Å². The molecule has 0 saturated heterocycles. The maximum atomic E-state index is 13.2. The third-order valence-electron chi connectivity index (χ3n) is 4.12. The van der Waals surface area contributed by atoms with Crippen molar-refractivity contribution in [3.8, 4) is 5.75 Å². The molecule has 1 aliphatic rings. The van der Waals surface area contributed by atoms with Crippen LogP contribution >= 0.6 is 0 Å². The third kappa shape index (κ3) is 3.44. The zero-order chi connectivity index (χ0) is 16.2. The molecule has 0 bridgehead atoms. The van der Waals surface area contributed by atoms with Gasteiger partial charge in [0, 0.05) is 12.1 Å². The molecule has 0 saturated carbocycles. The Morgan fingerprint density at radius 1 is 1.30 bits per heavy atom. The van der Waals surface area contributed by atoms with Crippen LogP contribution in [0.3, 0.4) is 0 Å². The van der Waals surface area contributed by atoms with E-state index in [1.807, 2.05) is 24.3 Å². The second kappa shape index (κ2) is 6.69. The number of nitrogens with one attached hydrogen (secondary N) is 2. The number of ether oxygens (including phenoxy) is 1. The van der Waals surface area contributed by atoms with Crippen LogP contribution in [-0.4, -0.2) is 13.1 Å². The van der Waals surface area contributed by atoms with Gasteiger partial charge in [0.2, 0.25) is 0 Å². The van der Waals surface area contributed by atoms with Crippen LogP contribution in [-0.2, 0) is 13.0 Å². The number of hydrogen-bond acceptors (Lipinski definition) is 2. The van der Waals surface area contributed by atoms with Gasteiger partial charge in [0.15, 0.2) is 0 Å². The summed E-state index contributed by atoms with van der Waals surface area (Å²) in [5.41, 5.74) is 2.89. The maximum Gasteiger partial charge on any atom is 0.315 e. The molecule has 0 fully saturated rings. The Bertz CT molecular complexity index is 718. The smallest absolute Gasteiger partial charge is 0.315 e. The van der Waals surface area contributed by atoms with Gasteiger partial charge in [0.05, 0.1) is 13.2 Å². The van der Waals surface area contributed by atoms with Crippen LogP contribution < -0.4 is 15.4 Å². The number of benzene rings is 2. The monoisotopic (exact) mass is 314 g/mol. The van der Waals surface area contributed by atoms with Crippen molar-refractivity contribution in [3.05, 3.63) is 65.0 Å². The molecular formula is C18H19FN2O2. The molecule has 0 heterocycles. The van der Waals surface area contributed by atoms with E-state index in [0.29, 0.717) is 6.54 Å². The highest BCUT2D eigenvalue weighted by atomic mass is 19.1. The van der Waals surface area contributed by atoms with Crippen molar-refractivity contribution in [3.63, 3.8) is 0 Å². The van der Waals surface area contributed by atoms with Crippen LogP contribution in [0.25, 0.3) is 0 Å². The summed E-state index contributed by atoms with van der Waals surface area (Å²) >= 11 is 0. The lowest BCUT2D eigenvalue weighted by Gasteiger charge is -2.15. The first kappa shape index (κ1) is 15.3. The van der Waals surface area contributed by atoms with Crippen LogP contribution in [0.1, 0.15) is 29.2 Å². The van der Waals surface area contributed by atoms with E-state index in [1.165, 1.54) is 6.07 Å². The first-order valence-electron chi connectivity index (χ1n) is 7.62. The lowest BCUT2D eigenvalue weighted by molar-refractivity contribution is 0.236. The topological polar surface area (TPSA) is 50.4 Å². The van der Waals surface area contributed by atoms with E-state index in [1.54, 1.807) is 19.2 Å². The van der Waals surface area contributed by atoms with Crippen molar-refractivity contribution in [1.82, 2.24) is 10.6 Å². The molecule has 0 aliphatic heterocycles.